The van der Waals surface area contributed by atoms with E-state index in [1.54, 1.807) is 12.1 Å². The Balaban J connectivity index is 1.52. The van der Waals surface area contributed by atoms with Gasteiger partial charge in [0.25, 0.3) is 0 Å². The van der Waals surface area contributed by atoms with Crippen molar-refractivity contribution < 1.29 is 19.1 Å². The summed E-state index contributed by atoms with van der Waals surface area (Å²) in [6, 6.07) is 18.5. The molecular weight excluding hydrogens is 612 g/mol. The number of allylic oxidation sites excluding steroid dienone is 2. The lowest BCUT2D eigenvalue weighted by molar-refractivity contribution is -0.136. The molecule has 0 unspecified atom stereocenters. The van der Waals surface area contributed by atoms with E-state index in [2.05, 4.69) is 27.9 Å². The Bertz CT molecular complexity index is 1490. The number of hydrogen-bond acceptors (Lipinski definition) is 5. The van der Waals surface area contributed by atoms with Crippen LogP contribution in [-0.2, 0) is 16.1 Å². The number of carbonyl (C=O) groups is 2. The predicted molar refractivity (Wildman–Crippen MR) is 148 cm³/mol. The highest BCUT2D eigenvalue weighted by Crippen LogP contribution is 2.47. The molecule has 0 amide bonds. The lowest BCUT2D eigenvalue weighted by atomic mass is 9.80. The van der Waals surface area contributed by atoms with Crippen molar-refractivity contribution in [1.29, 1.82) is 0 Å². The van der Waals surface area contributed by atoms with Gasteiger partial charge < -0.3 is 14.8 Å². The smallest absolute Gasteiger partial charge is 0.336 e. The zero-order valence-electron chi connectivity index (χ0n) is 19.3. The summed E-state index contributed by atoms with van der Waals surface area (Å²) >= 11 is 14.3. The summed E-state index contributed by atoms with van der Waals surface area (Å²) in [6.45, 7) is 2.14. The van der Waals surface area contributed by atoms with Gasteiger partial charge in [-0.15, -0.1) is 0 Å². The third-order valence-electron chi connectivity index (χ3n) is 6.32. The van der Waals surface area contributed by atoms with Crippen molar-refractivity contribution in [1.82, 2.24) is 5.32 Å². The fourth-order valence-corrected chi connectivity index (χ4v) is 5.66. The number of halogens is 3. The van der Waals surface area contributed by atoms with E-state index in [0.29, 0.717) is 44.8 Å². The molecule has 5 nitrogen and oxygen atoms in total. The lowest BCUT2D eigenvalue weighted by Gasteiger charge is -2.29. The molecule has 0 radical (unpaired) electrons. The van der Waals surface area contributed by atoms with Gasteiger partial charge in [0, 0.05) is 28.3 Å². The zero-order chi connectivity index (χ0) is 25.6. The fraction of sp³-hybridized carbons (Fsp3) is 0.143. The summed E-state index contributed by atoms with van der Waals surface area (Å²) in [7, 11) is 1.35. The largest absolute Gasteiger partial charge is 0.488 e. The molecule has 0 fully saturated rings. The first-order valence-corrected chi connectivity index (χ1v) is 12.9. The number of fused-ring (bicyclic) bond motifs is 2. The standard InChI is InChI=1S/C28H20Cl2INO4/c1-14-23(28(34)35-2)24(25-26(32-14)17-5-3-4-6-18(17)27(25)33)16-8-10-22(21(31)12-16)36-13-15-7-9-19(29)20(30)11-15/h3-12,24,32H,13H2,1-2H3/t24-/m1/s1. The second kappa shape index (κ2) is 9.92. The fourth-order valence-electron chi connectivity index (χ4n) is 4.65. The van der Waals surface area contributed by atoms with Crippen LogP contribution in [0.15, 0.2) is 77.5 Å². The molecule has 0 spiro atoms. The number of esters is 1. The number of ether oxygens (including phenoxy) is 2. The normalized spacial score (nSPS) is 16.5. The van der Waals surface area contributed by atoms with Crippen molar-refractivity contribution in [3.8, 4) is 5.75 Å². The molecule has 3 aromatic rings. The van der Waals surface area contributed by atoms with Crippen LogP contribution in [0.25, 0.3) is 5.70 Å². The molecule has 1 aliphatic carbocycles. The van der Waals surface area contributed by atoms with Gasteiger partial charge in [-0.25, -0.2) is 4.79 Å². The Kier molecular flexibility index (Phi) is 6.85. The van der Waals surface area contributed by atoms with Crippen LogP contribution >= 0.6 is 45.8 Å². The molecule has 1 heterocycles. The molecular formula is C28H20Cl2INO4. The number of benzene rings is 3. The van der Waals surface area contributed by atoms with Crippen LogP contribution in [0, 0.1) is 3.57 Å². The summed E-state index contributed by atoms with van der Waals surface area (Å²) < 4.78 is 12.0. The minimum atomic E-state index is -0.578. The number of rotatable bonds is 5. The van der Waals surface area contributed by atoms with Crippen LogP contribution in [-0.4, -0.2) is 18.9 Å². The molecule has 0 aromatic heterocycles. The average Bonchev–Trinajstić information content (AvgIpc) is 3.15. The van der Waals surface area contributed by atoms with Crippen molar-refractivity contribution in [2.75, 3.05) is 7.11 Å². The highest BCUT2D eigenvalue weighted by Gasteiger charge is 2.42. The molecule has 36 heavy (non-hydrogen) atoms. The zero-order valence-corrected chi connectivity index (χ0v) is 23.0. The Morgan fingerprint density at radius 1 is 1.03 bits per heavy atom. The Morgan fingerprint density at radius 3 is 2.47 bits per heavy atom. The molecule has 0 bridgehead atoms. The Labute approximate surface area is 232 Å². The Morgan fingerprint density at radius 2 is 1.78 bits per heavy atom. The topological polar surface area (TPSA) is 64.6 Å². The minimum Gasteiger partial charge on any atom is -0.488 e. The first kappa shape index (κ1) is 24.9. The number of hydrogen-bond donors (Lipinski definition) is 1. The van der Waals surface area contributed by atoms with E-state index in [1.807, 2.05) is 55.5 Å². The van der Waals surface area contributed by atoms with Gasteiger partial charge in [0.15, 0.2) is 5.78 Å². The van der Waals surface area contributed by atoms with Crippen molar-refractivity contribution >= 4 is 63.2 Å². The van der Waals surface area contributed by atoms with Gasteiger partial charge in [-0.1, -0.05) is 59.6 Å². The average molecular weight is 632 g/mol. The molecule has 1 N–H and O–H groups in total. The third-order valence-corrected chi connectivity index (χ3v) is 7.90. The maximum atomic E-state index is 13.5. The summed E-state index contributed by atoms with van der Waals surface area (Å²) in [4.78, 5) is 26.4. The van der Waals surface area contributed by atoms with Crippen LogP contribution in [0.5, 0.6) is 5.75 Å². The lowest BCUT2D eigenvalue weighted by Crippen LogP contribution is -2.29. The van der Waals surface area contributed by atoms with Crippen molar-refractivity contribution in [2.24, 2.45) is 0 Å². The van der Waals surface area contributed by atoms with Gasteiger partial charge in [-0.2, -0.15) is 0 Å². The highest BCUT2D eigenvalue weighted by atomic mass is 127. The van der Waals surface area contributed by atoms with E-state index in [-0.39, 0.29) is 5.78 Å². The van der Waals surface area contributed by atoms with Gasteiger partial charge in [-0.3, -0.25) is 4.79 Å². The molecule has 3 aromatic carbocycles. The predicted octanol–water partition coefficient (Wildman–Crippen LogP) is 6.92. The van der Waals surface area contributed by atoms with Gasteiger partial charge >= 0.3 is 5.97 Å². The molecule has 0 saturated carbocycles. The number of methoxy groups -OCH3 is 1. The quantitative estimate of drug-likeness (QED) is 0.245. The van der Waals surface area contributed by atoms with Crippen LogP contribution < -0.4 is 10.1 Å². The SMILES string of the molecule is COC(=O)C1=C(C)NC2=C(C(=O)c3ccccc32)[C@@H]1c1ccc(OCc2ccc(Cl)c(Cl)c2)c(I)c1. The van der Waals surface area contributed by atoms with Crippen LogP contribution in [0.4, 0.5) is 0 Å². The second-order valence-corrected chi connectivity index (χ2v) is 10.5. The first-order chi connectivity index (χ1) is 17.3. The van der Waals surface area contributed by atoms with E-state index in [1.165, 1.54) is 7.11 Å². The molecule has 5 rings (SSSR count). The van der Waals surface area contributed by atoms with Crippen LogP contribution in [0.1, 0.15) is 39.9 Å². The van der Waals surface area contributed by atoms with Crippen LogP contribution in [0.2, 0.25) is 10.0 Å². The maximum Gasteiger partial charge on any atom is 0.336 e. The van der Waals surface area contributed by atoms with Gasteiger partial charge in [-0.05, 0) is 64.9 Å². The van der Waals surface area contributed by atoms with Gasteiger partial charge in [0.2, 0.25) is 0 Å². The second-order valence-electron chi connectivity index (χ2n) is 8.48. The minimum absolute atomic E-state index is 0.0954. The van der Waals surface area contributed by atoms with E-state index in [0.717, 1.165) is 26.0 Å². The molecule has 1 atom stereocenters. The van der Waals surface area contributed by atoms with Crippen molar-refractivity contribution in [3.63, 3.8) is 0 Å². The van der Waals surface area contributed by atoms with Crippen LogP contribution in [0.3, 0.4) is 0 Å². The monoisotopic (exact) mass is 631 g/mol. The van der Waals surface area contributed by atoms with Gasteiger partial charge in [0.1, 0.15) is 12.4 Å². The first-order valence-electron chi connectivity index (χ1n) is 11.1. The third kappa shape index (κ3) is 4.31. The van der Waals surface area contributed by atoms with E-state index >= 15 is 0 Å². The number of Topliss-reactive ketones (excluding diaryl/α,β-unsaturated/α-hetero) is 1. The number of ketones is 1. The van der Waals surface area contributed by atoms with E-state index < -0.39 is 11.9 Å². The van der Waals surface area contributed by atoms with E-state index in [9.17, 15) is 9.59 Å². The molecule has 2 aliphatic rings. The molecule has 1 aliphatic heterocycles. The molecule has 0 saturated heterocycles. The van der Waals surface area contributed by atoms with Crippen molar-refractivity contribution in [3.05, 3.63) is 113 Å². The number of carbonyl (C=O) groups excluding carboxylic acids is 2. The maximum absolute atomic E-state index is 13.5. The summed E-state index contributed by atoms with van der Waals surface area (Å²) in [5.41, 5.74) is 5.50. The summed E-state index contributed by atoms with van der Waals surface area (Å²) in [5.74, 6) is -0.474. The van der Waals surface area contributed by atoms with Crippen molar-refractivity contribution in [2.45, 2.75) is 19.4 Å². The number of nitrogens with one attached hydrogen (secondary N) is 1. The molecule has 8 heteroatoms. The molecule has 182 valence electrons. The van der Waals surface area contributed by atoms with E-state index in [4.69, 9.17) is 32.7 Å². The van der Waals surface area contributed by atoms with Gasteiger partial charge in [0.05, 0.1) is 32.0 Å². The highest BCUT2D eigenvalue weighted by molar-refractivity contribution is 14.1. The Hall–Kier alpha value is -2.81. The summed E-state index contributed by atoms with van der Waals surface area (Å²) in [5, 5.41) is 4.25. The number of dihydropyridines is 1. The summed E-state index contributed by atoms with van der Waals surface area (Å²) in [6.07, 6.45) is 0.